The third-order valence-corrected chi connectivity index (χ3v) is 7.46. The molecule has 3 aromatic rings. The van der Waals surface area contributed by atoms with Crippen LogP contribution in [0.1, 0.15) is 11.1 Å². The molecule has 3 rings (SSSR count). The molecular weight excluding hydrogens is 553 g/mol. The molecule has 0 saturated carbocycles. The predicted octanol–water partition coefficient (Wildman–Crippen LogP) is 4.80. The summed E-state index contributed by atoms with van der Waals surface area (Å²) in [6, 6.07) is 17.1. The van der Waals surface area contributed by atoms with Crippen LogP contribution in [0.2, 0.25) is 10.0 Å². The van der Waals surface area contributed by atoms with Gasteiger partial charge in [0.05, 0.1) is 27.7 Å². The summed E-state index contributed by atoms with van der Waals surface area (Å²) in [5, 5.41) is 13.9. The zero-order valence-electron chi connectivity index (χ0n) is 17.0. The quantitative estimate of drug-likeness (QED) is 0.300. The largest absolute Gasteiger partial charge is 0.508 e. The molecule has 3 aromatic carbocycles. The van der Waals surface area contributed by atoms with E-state index in [9.17, 15) is 18.3 Å². The maximum absolute atomic E-state index is 13.3. The second kappa shape index (κ2) is 11.1. The number of hydrazone groups is 1. The van der Waals surface area contributed by atoms with Crippen molar-refractivity contribution in [3.63, 3.8) is 0 Å². The van der Waals surface area contributed by atoms with Crippen LogP contribution in [0.25, 0.3) is 0 Å². The molecule has 0 unspecified atom stereocenters. The average Bonchev–Trinajstić information content (AvgIpc) is 2.76. The van der Waals surface area contributed by atoms with Gasteiger partial charge in [0.15, 0.2) is 0 Å². The summed E-state index contributed by atoms with van der Waals surface area (Å²) in [6.45, 7) is -0.602. The average molecular weight is 571 g/mol. The molecule has 0 atom stereocenters. The van der Waals surface area contributed by atoms with Crippen molar-refractivity contribution in [2.75, 3.05) is 6.54 Å². The monoisotopic (exact) mass is 569 g/mol. The molecular formula is C22H18BrCl2N3O4S. The second-order valence-corrected chi connectivity index (χ2v) is 10.5. The number of phenolic OH excluding ortho intramolecular Hbond substituents is 1. The zero-order chi connectivity index (χ0) is 24.0. The third-order valence-electron chi connectivity index (χ3n) is 4.39. The molecule has 0 aliphatic rings. The van der Waals surface area contributed by atoms with Gasteiger partial charge >= 0.3 is 0 Å². The summed E-state index contributed by atoms with van der Waals surface area (Å²) in [7, 11) is -4.03. The summed E-state index contributed by atoms with van der Waals surface area (Å²) < 4.78 is 28.3. The molecule has 33 heavy (non-hydrogen) atoms. The van der Waals surface area contributed by atoms with E-state index in [1.54, 1.807) is 42.5 Å². The van der Waals surface area contributed by atoms with E-state index in [1.165, 1.54) is 30.5 Å². The summed E-state index contributed by atoms with van der Waals surface area (Å²) in [5.74, 6) is -0.592. The molecule has 7 nitrogen and oxygen atoms in total. The molecule has 0 aliphatic heterocycles. The van der Waals surface area contributed by atoms with E-state index in [4.69, 9.17) is 23.2 Å². The van der Waals surface area contributed by atoms with E-state index in [1.807, 2.05) is 0 Å². The van der Waals surface area contributed by atoms with Gasteiger partial charge in [0, 0.05) is 11.0 Å². The van der Waals surface area contributed by atoms with Gasteiger partial charge in [-0.25, -0.2) is 13.8 Å². The summed E-state index contributed by atoms with van der Waals surface area (Å²) >= 11 is 15.3. The van der Waals surface area contributed by atoms with Crippen molar-refractivity contribution < 1.29 is 18.3 Å². The first-order chi connectivity index (χ1) is 15.6. The van der Waals surface area contributed by atoms with Gasteiger partial charge in [-0.2, -0.15) is 9.41 Å². The minimum absolute atomic E-state index is 0.0295. The van der Waals surface area contributed by atoms with Crippen LogP contribution < -0.4 is 5.43 Å². The van der Waals surface area contributed by atoms with Crippen molar-refractivity contribution in [3.8, 4) is 5.75 Å². The molecule has 0 spiro atoms. The Morgan fingerprint density at radius 3 is 2.45 bits per heavy atom. The molecule has 0 aliphatic carbocycles. The van der Waals surface area contributed by atoms with Gasteiger partial charge in [0.25, 0.3) is 5.91 Å². The standard InChI is InChI=1S/C22H18BrCl2N3O4S/c23-17-5-7-19(8-6-17)33(31,32)28(13-16-4-9-20(24)21(25)11-16)14-22(30)27-26-12-15-2-1-3-18(29)10-15/h1-12,29H,13-14H2,(H,27,30)/b26-12+. The lowest BCUT2D eigenvalue weighted by Gasteiger charge is -2.22. The van der Waals surface area contributed by atoms with E-state index < -0.39 is 22.5 Å². The highest BCUT2D eigenvalue weighted by atomic mass is 79.9. The molecule has 0 bridgehead atoms. The number of halogens is 3. The van der Waals surface area contributed by atoms with Gasteiger partial charge in [-0.05, 0) is 59.7 Å². The van der Waals surface area contributed by atoms with Crippen LogP contribution in [0.5, 0.6) is 5.75 Å². The number of benzene rings is 3. The predicted molar refractivity (Wildman–Crippen MR) is 132 cm³/mol. The number of hydrogen-bond acceptors (Lipinski definition) is 5. The van der Waals surface area contributed by atoms with Crippen LogP contribution >= 0.6 is 39.1 Å². The van der Waals surface area contributed by atoms with E-state index in [0.717, 1.165) is 8.78 Å². The van der Waals surface area contributed by atoms with Gasteiger partial charge in [-0.1, -0.05) is 57.3 Å². The fourth-order valence-electron chi connectivity index (χ4n) is 2.80. The van der Waals surface area contributed by atoms with Crippen molar-refractivity contribution in [1.82, 2.24) is 9.73 Å². The molecule has 0 heterocycles. The van der Waals surface area contributed by atoms with Gasteiger partial charge in [0.2, 0.25) is 10.0 Å². The lowest BCUT2D eigenvalue weighted by atomic mass is 10.2. The molecule has 11 heteroatoms. The minimum Gasteiger partial charge on any atom is -0.508 e. The molecule has 1 amide bonds. The van der Waals surface area contributed by atoms with Crippen molar-refractivity contribution in [2.45, 2.75) is 11.4 Å². The van der Waals surface area contributed by atoms with E-state index >= 15 is 0 Å². The highest BCUT2D eigenvalue weighted by Crippen LogP contribution is 2.25. The van der Waals surface area contributed by atoms with Crippen molar-refractivity contribution in [2.24, 2.45) is 5.10 Å². The number of rotatable bonds is 8. The Hall–Kier alpha value is -2.43. The Morgan fingerprint density at radius 1 is 1.06 bits per heavy atom. The summed E-state index contributed by atoms with van der Waals surface area (Å²) in [6.07, 6.45) is 1.34. The fourth-order valence-corrected chi connectivity index (χ4v) is 4.77. The van der Waals surface area contributed by atoms with E-state index in [0.29, 0.717) is 16.1 Å². The van der Waals surface area contributed by atoms with Crippen LogP contribution in [0, 0.1) is 0 Å². The highest BCUT2D eigenvalue weighted by Gasteiger charge is 2.27. The van der Waals surface area contributed by atoms with Gasteiger partial charge in [0.1, 0.15) is 5.75 Å². The Labute approximate surface area is 209 Å². The number of nitrogens with zero attached hydrogens (tertiary/aromatic N) is 2. The topological polar surface area (TPSA) is 99.1 Å². The first-order valence-corrected chi connectivity index (χ1v) is 12.4. The number of hydrogen-bond donors (Lipinski definition) is 2. The van der Waals surface area contributed by atoms with Crippen LogP contribution in [0.3, 0.4) is 0 Å². The Kier molecular flexibility index (Phi) is 8.50. The number of aromatic hydroxyl groups is 1. The number of carbonyl (C=O) groups excluding carboxylic acids is 1. The lowest BCUT2D eigenvalue weighted by Crippen LogP contribution is -2.39. The van der Waals surface area contributed by atoms with Gasteiger partial charge in [-0.3, -0.25) is 4.79 Å². The van der Waals surface area contributed by atoms with E-state index in [-0.39, 0.29) is 22.2 Å². The van der Waals surface area contributed by atoms with Crippen LogP contribution in [0.15, 0.2) is 81.2 Å². The Morgan fingerprint density at radius 2 is 1.79 bits per heavy atom. The molecule has 0 radical (unpaired) electrons. The van der Waals surface area contributed by atoms with E-state index in [2.05, 4.69) is 26.5 Å². The third kappa shape index (κ3) is 7.02. The SMILES string of the molecule is O=C(CN(Cc1ccc(Cl)c(Cl)c1)S(=O)(=O)c1ccc(Br)cc1)N/N=C/c1cccc(O)c1. The summed E-state index contributed by atoms with van der Waals surface area (Å²) in [5.41, 5.74) is 3.43. The number of sulfonamides is 1. The van der Waals surface area contributed by atoms with Crippen molar-refractivity contribution >= 4 is 61.3 Å². The first kappa shape index (κ1) is 25.2. The molecule has 0 fully saturated rings. The van der Waals surface area contributed by atoms with Crippen LogP contribution in [-0.4, -0.2) is 36.5 Å². The molecule has 0 saturated heterocycles. The van der Waals surface area contributed by atoms with Gasteiger partial charge in [-0.15, -0.1) is 0 Å². The van der Waals surface area contributed by atoms with Crippen molar-refractivity contribution in [3.05, 3.63) is 92.4 Å². The minimum atomic E-state index is -4.03. The normalized spacial score (nSPS) is 11.8. The zero-order valence-corrected chi connectivity index (χ0v) is 20.9. The first-order valence-electron chi connectivity index (χ1n) is 9.46. The highest BCUT2D eigenvalue weighted by molar-refractivity contribution is 9.10. The maximum Gasteiger partial charge on any atom is 0.255 e. The second-order valence-electron chi connectivity index (χ2n) is 6.86. The molecule has 2 N–H and O–H groups in total. The maximum atomic E-state index is 13.3. The van der Waals surface area contributed by atoms with Crippen LogP contribution in [0.4, 0.5) is 0 Å². The number of amides is 1. The number of carbonyl (C=O) groups is 1. The number of phenols is 1. The smallest absolute Gasteiger partial charge is 0.255 e. The molecule has 0 aromatic heterocycles. The Bertz CT molecular complexity index is 1290. The number of nitrogens with one attached hydrogen (secondary N) is 1. The van der Waals surface area contributed by atoms with Crippen LogP contribution in [-0.2, 0) is 21.4 Å². The fraction of sp³-hybridized carbons (Fsp3) is 0.0909. The lowest BCUT2D eigenvalue weighted by molar-refractivity contribution is -0.121. The molecule has 172 valence electrons. The van der Waals surface area contributed by atoms with Gasteiger partial charge < -0.3 is 5.11 Å². The summed E-state index contributed by atoms with van der Waals surface area (Å²) in [4.78, 5) is 12.5. The Balaban J connectivity index is 1.81. The van der Waals surface area contributed by atoms with Crippen molar-refractivity contribution in [1.29, 1.82) is 0 Å².